The van der Waals surface area contributed by atoms with Crippen LogP contribution in [0.4, 0.5) is 16.2 Å². The minimum Gasteiger partial charge on any atom is -0.460 e. The first-order valence-electron chi connectivity index (χ1n) is 16.5. The number of rotatable bonds is 7. The number of hydrogen-bond acceptors (Lipinski definition) is 6. The molecule has 2 saturated carbocycles. The highest BCUT2D eigenvalue weighted by Crippen LogP contribution is 2.51. The third-order valence-electron chi connectivity index (χ3n) is 9.49. The molecule has 5 rings (SSSR count). The second-order valence-electron chi connectivity index (χ2n) is 14.5. The van der Waals surface area contributed by atoms with Crippen molar-refractivity contribution in [1.29, 1.82) is 0 Å². The van der Waals surface area contributed by atoms with Crippen molar-refractivity contribution in [2.75, 3.05) is 16.3 Å². The molecule has 0 spiro atoms. The van der Waals surface area contributed by atoms with Crippen LogP contribution >= 0.6 is 0 Å². The zero-order valence-electron chi connectivity index (χ0n) is 27.8. The molecule has 2 bridgehead atoms. The molecular formula is C37H48N2O6. The lowest BCUT2D eigenvalue weighted by Crippen LogP contribution is -2.51. The van der Waals surface area contributed by atoms with Gasteiger partial charge < -0.3 is 14.4 Å². The number of ketones is 1. The van der Waals surface area contributed by atoms with Crippen LogP contribution in [0.3, 0.4) is 0 Å². The van der Waals surface area contributed by atoms with Crippen molar-refractivity contribution >= 4 is 35.1 Å². The van der Waals surface area contributed by atoms with Crippen molar-refractivity contribution in [3.05, 3.63) is 48.0 Å². The molecule has 5 atom stereocenters. The van der Waals surface area contributed by atoms with Gasteiger partial charge in [-0.1, -0.05) is 30.3 Å². The van der Waals surface area contributed by atoms with Crippen molar-refractivity contribution < 1.29 is 28.7 Å². The van der Waals surface area contributed by atoms with Gasteiger partial charge >= 0.3 is 12.1 Å². The van der Waals surface area contributed by atoms with Crippen LogP contribution in [0.25, 0.3) is 11.1 Å². The Hall–Kier alpha value is -3.68. The average Bonchev–Trinajstić information content (AvgIpc) is 3.22. The number of carbonyl (C=O) groups excluding carboxylic acids is 4. The molecule has 0 aromatic heterocycles. The molecule has 0 N–H and O–H groups in total. The summed E-state index contributed by atoms with van der Waals surface area (Å²) in [6.45, 7) is 13.1. The minimum atomic E-state index is -0.465. The van der Waals surface area contributed by atoms with E-state index in [1.807, 2.05) is 84.0 Å². The first kappa shape index (κ1) is 32.7. The zero-order valence-corrected chi connectivity index (χ0v) is 27.8. The summed E-state index contributed by atoms with van der Waals surface area (Å²) in [5.41, 5.74) is 3.38. The van der Waals surface area contributed by atoms with Gasteiger partial charge in [-0.25, -0.2) is 4.79 Å². The summed E-state index contributed by atoms with van der Waals surface area (Å²) in [6.07, 6.45) is 4.70. The lowest BCUT2D eigenvalue weighted by molar-refractivity contribution is -0.155. The number of ether oxygens (including phenoxy) is 2. The van der Waals surface area contributed by atoms with Crippen LogP contribution in [-0.2, 0) is 19.1 Å². The molecule has 1 unspecified atom stereocenters. The van der Waals surface area contributed by atoms with Gasteiger partial charge in [-0.3, -0.25) is 19.3 Å². The quantitative estimate of drug-likeness (QED) is 0.233. The molecule has 242 valence electrons. The summed E-state index contributed by atoms with van der Waals surface area (Å²) in [5, 5.41) is 0. The molecule has 8 nitrogen and oxygen atoms in total. The first-order chi connectivity index (χ1) is 21.2. The highest BCUT2D eigenvalue weighted by molar-refractivity contribution is 6.03. The van der Waals surface area contributed by atoms with Crippen LogP contribution in [0.2, 0.25) is 0 Å². The van der Waals surface area contributed by atoms with Crippen molar-refractivity contribution in [3.63, 3.8) is 0 Å². The molecule has 0 saturated heterocycles. The van der Waals surface area contributed by atoms with Gasteiger partial charge in [0.25, 0.3) is 0 Å². The van der Waals surface area contributed by atoms with Gasteiger partial charge in [0.1, 0.15) is 5.60 Å². The fourth-order valence-electron chi connectivity index (χ4n) is 7.77. The fraction of sp³-hybridized carbons (Fsp3) is 0.568. The van der Waals surface area contributed by atoms with Gasteiger partial charge in [0, 0.05) is 31.4 Å². The van der Waals surface area contributed by atoms with Crippen LogP contribution in [-0.4, -0.2) is 48.0 Å². The molecule has 2 aromatic rings. The lowest BCUT2D eigenvalue weighted by atomic mass is 9.69. The van der Waals surface area contributed by atoms with E-state index in [-0.39, 0.29) is 35.7 Å². The van der Waals surface area contributed by atoms with Gasteiger partial charge in [-0.05, 0) is 115 Å². The molecule has 0 radical (unpaired) electrons. The maximum absolute atomic E-state index is 13.8. The van der Waals surface area contributed by atoms with Crippen LogP contribution in [0.5, 0.6) is 0 Å². The molecule has 2 fully saturated rings. The van der Waals surface area contributed by atoms with E-state index in [4.69, 9.17) is 9.47 Å². The van der Waals surface area contributed by atoms with Crippen LogP contribution in [0.15, 0.2) is 42.5 Å². The highest BCUT2D eigenvalue weighted by atomic mass is 16.6. The van der Waals surface area contributed by atoms with Crippen molar-refractivity contribution in [3.8, 4) is 11.1 Å². The minimum absolute atomic E-state index is 0.0393. The molecule has 1 aliphatic heterocycles. The van der Waals surface area contributed by atoms with Crippen LogP contribution in [0, 0.1) is 23.7 Å². The normalized spacial score (nSPS) is 24.3. The second kappa shape index (κ2) is 13.0. The Morgan fingerprint density at radius 2 is 1.53 bits per heavy atom. The Morgan fingerprint density at radius 1 is 0.911 bits per heavy atom. The summed E-state index contributed by atoms with van der Waals surface area (Å²) >= 11 is 0. The Morgan fingerprint density at radius 3 is 2.11 bits per heavy atom. The Balaban J connectivity index is 1.30. The molecule has 1 heterocycles. The number of benzene rings is 2. The van der Waals surface area contributed by atoms with E-state index in [1.165, 1.54) is 6.92 Å². The molecule has 3 aliphatic rings. The van der Waals surface area contributed by atoms with E-state index in [0.717, 1.165) is 48.8 Å². The average molecular weight is 617 g/mol. The highest BCUT2D eigenvalue weighted by Gasteiger charge is 2.46. The van der Waals surface area contributed by atoms with E-state index in [9.17, 15) is 19.2 Å². The van der Waals surface area contributed by atoms with Gasteiger partial charge in [-0.15, -0.1) is 0 Å². The van der Waals surface area contributed by atoms with Crippen molar-refractivity contribution in [2.45, 2.75) is 105 Å². The molecule has 2 aromatic carbocycles. The molecule has 2 aliphatic carbocycles. The predicted molar refractivity (Wildman–Crippen MR) is 175 cm³/mol. The van der Waals surface area contributed by atoms with Crippen molar-refractivity contribution in [2.24, 2.45) is 23.7 Å². The number of hydrogen-bond donors (Lipinski definition) is 0. The standard InChI is InChI=1S/C37H48N2O6/c1-22(2)44-36(43)38-21-23(3)39(24(4)40)31-16-15-28(20-32(31)38)26-9-11-27(12-10-26)35(42)34-29-13-14-30(34)19-25(18-29)8-17-33(41)45-37(5,6)7/h9-12,15-16,20,22-23,25,29-30,34H,8,13-14,17-19,21H2,1-7H3/t23-,25-,29+,30-,34?/m0/s1. The molecular weight excluding hydrogens is 568 g/mol. The molecule has 45 heavy (non-hydrogen) atoms. The maximum atomic E-state index is 13.8. The Labute approximate surface area is 267 Å². The van der Waals surface area contributed by atoms with Gasteiger partial charge in [0.15, 0.2) is 5.78 Å². The van der Waals surface area contributed by atoms with Gasteiger partial charge in [0.05, 0.1) is 23.5 Å². The Bertz CT molecular complexity index is 1430. The number of carbonyl (C=O) groups is 4. The smallest absolute Gasteiger partial charge is 0.414 e. The van der Waals surface area contributed by atoms with E-state index in [2.05, 4.69) is 0 Å². The summed E-state index contributed by atoms with van der Waals surface area (Å²) in [6, 6.07) is 13.3. The fourth-order valence-corrected chi connectivity index (χ4v) is 7.77. The van der Waals surface area contributed by atoms with E-state index in [0.29, 0.717) is 42.1 Å². The number of anilines is 2. The summed E-state index contributed by atoms with van der Waals surface area (Å²) in [5.74, 6) is 1.23. The third-order valence-corrected chi connectivity index (χ3v) is 9.49. The summed E-state index contributed by atoms with van der Waals surface area (Å²) in [4.78, 5) is 55.0. The Kier molecular flexibility index (Phi) is 9.43. The summed E-state index contributed by atoms with van der Waals surface area (Å²) < 4.78 is 11.0. The van der Waals surface area contributed by atoms with E-state index < -0.39 is 11.7 Å². The second-order valence-corrected chi connectivity index (χ2v) is 14.5. The largest absolute Gasteiger partial charge is 0.460 e. The number of Topliss-reactive ketones (excluding diaryl/α,β-unsaturated/α-hetero) is 1. The van der Waals surface area contributed by atoms with E-state index >= 15 is 0 Å². The van der Waals surface area contributed by atoms with Crippen molar-refractivity contribution in [1.82, 2.24) is 0 Å². The number of nitrogens with zero attached hydrogens (tertiary/aromatic N) is 2. The summed E-state index contributed by atoms with van der Waals surface area (Å²) in [7, 11) is 0. The number of esters is 1. The zero-order chi connectivity index (χ0) is 32.6. The number of amides is 2. The SMILES string of the molecule is CC(=O)N1c2ccc(-c3ccc(C(=O)C4[C@@H]5CC[C@H]4C[C@@H](CCC(=O)OC(C)(C)C)C5)cc3)cc2N(C(=O)OC(C)C)C[C@@H]1C. The maximum Gasteiger partial charge on any atom is 0.414 e. The van der Waals surface area contributed by atoms with Crippen LogP contribution < -0.4 is 9.80 Å². The first-order valence-corrected chi connectivity index (χ1v) is 16.5. The van der Waals surface area contributed by atoms with E-state index in [1.54, 1.807) is 9.80 Å². The van der Waals surface area contributed by atoms with Gasteiger partial charge in [-0.2, -0.15) is 0 Å². The number of fused-ring (bicyclic) bond motifs is 3. The third kappa shape index (κ3) is 7.26. The van der Waals surface area contributed by atoms with Crippen LogP contribution in [0.1, 0.15) is 97.3 Å². The predicted octanol–water partition coefficient (Wildman–Crippen LogP) is 7.82. The lowest BCUT2D eigenvalue weighted by Gasteiger charge is -2.40. The monoisotopic (exact) mass is 616 g/mol. The topological polar surface area (TPSA) is 93.2 Å². The van der Waals surface area contributed by atoms with Gasteiger partial charge in [0.2, 0.25) is 5.91 Å². The molecule has 2 amide bonds. The molecule has 8 heteroatoms.